The molecule has 1 saturated heterocycles. The van der Waals surface area contributed by atoms with Gasteiger partial charge in [0.15, 0.2) is 0 Å². The molecule has 5 nitrogen and oxygen atoms in total. The molecular weight excluding hydrogens is 390 g/mol. The van der Waals surface area contributed by atoms with Gasteiger partial charge in [-0.3, -0.25) is 4.79 Å². The molecule has 5 heteroatoms. The van der Waals surface area contributed by atoms with Crippen LogP contribution < -0.4 is 4.74 Å². The summed E-state index contributed by atoms with van der Waals surface area (Å²) in [6.07, 6.45) is 4.45. The van der Waals surface area contributed by atoms with Crippen LogP contribution in [0.15, 0.2) is 52.9 Å². The van der Waals surface area contributed by atoms with E-state index in [1.165, 1.54) is 0 Å². The molecule has 1 aromatic heterocycles. The molecule has 0 bridgehead atoms. The highest BCUT2D eigenvalue weighted by molar-refractivity contribution is 6.11. The summed E-state index contributed by atoms with van der Waals surface area (Å²) in [6, 6.07) is 15.5. The molecule has 1 aliphatic carbocycles. The standard InChI is InChI=1S/C26H29NO4/c1-2-30-19-11-12-21-20(16-19)23(24(31-21)18-8-4-3-5-9-18)25(29)27-15-7-14-26(17-27)13-6-10-22(26)28/h3-5,8-9,11-12,16,22,28H,2,6-7,10,13-15,17H2,1H3/t22-,26-/m1/s1. The Kier molecular flexibility index (Phi) is 5.22. The van der Waals surface area contributed by atoms with E-state index in [0.717, 1.165) is 48.8 Å². The van der Waals surface area contributed by atoms with E-state index in [-0.39, 0.29) is 17.4 Å². The van der Waals surface area contributed by atoms with Gasteiger partial charge in [0.2, 0.25) is 0 Å². The molecule has 1 spiro atoms. The Bertz CT molecular complexity index is 1090. The zero-order valence-corrected chi connectivity index (χ0v) is 18.0. The average Bonchev–Trinajstić information content (AvgIpc) is 3.34. The van der Waals surface area contributed by atoms with E-state index in [1.807, 2.05) is 60.4 Å². The molecule has 2 atom stereocenters. The highest BCUT2D eigenvalue weighted by Gasteiger charge is 2.46. The van der Waals surface area contributed by atoms with Crippen LogP contribution in [-0.4, -0.2) is 41.7 Å². The fourth-order valence-electron chi connectivity index (χ4n) is 5.43. The highest BCUT2D eigenvalue weighted by atomic mass is 16.5. The van der Waals surface area contributed by atoms with Crippen LogP contribution in [0.1, 0.15) is 49.4 Å². The van der Waals surface area contributed by atoms with Crippen molar-refractivity contribution in [2.75, 3.05) is 19.7 Å². The highest BCUT2D eigenvalue weighted by Crippen LogP contribution is 2.46. The van der Waals surface area contributed by atoms with Crippen LogP contribution in [0.2, 0.25) is 0 Å². The summed E-state index contributed by atoms with van der Waals surface area (Å²) in [5, 5.41) is 11.4. The van der Waals surface area contributed by atoms with E-state index in [9.17, 15) is 9.90 Å². The molecule has 31 heavy (non-hydrogen) atoms. The molecular formula is C26H29NO4. The van der Waals surface area contributed by atoms with Crippen molar-refractivity contribution in [3.63, 3.8) is 0 Å². The molecule has 1 aliphatic heterocycles. The maximum atomic E-state index is 13.9. The van der Waals surface area contributed by atoms with Gasteiger partial charge in [0.05, 0.1) is 18.3 Å². The third-order valence-electron chi connectivity index (χ3n) is 6.98. The van der Waals surface area contributed by atoms with Gasteiger partial charge in [0.25, 0.3) is 5.91 Å². The van der Waals surface area contributed by atoms with Crippen molar-refractivity contribution < 1.29 is 19.1 Å². The summed E-state index contributed by atoms with van der Waals surface area (Å²) in [6.45, 7) is 3.82. The van der Waals surface area contributed by atoms with E-state index in [4.69, 9.17) is 9.15 Å². The number of piperidine rings is 1. The average molecular weight is 420 g/mol. The van der Waals surface area contributed by atoms with Crippen LogP contribution in [0.3, 0.4) is 0 Å². The molecule has 2 aromatic carbocycles. The minimum absolute atomic E-state index is 0.0237. The number of ether oxygens (including phenoxy) is 1. The van der Waals surface area contributed by atoms with Crippen molar-refractivity contribution in [2.24, 2.45) is 5.41 Å². The summed E-state index contributed by atoms with van der Waals surface area (Å²) >= 11 is 0. The smallest absolute Gasteiger partial charge is 0.258 e. The molecule has 1 N–H and O–H groups in total. The number of hydrogen-bond donors (Lipinski definition) is 1. The second-order valence-electron chi connectivity index (χ2n) is 8.86. The zero-order chi connectivity index (χ0) is 21.4. The number of fused-ring (bicyclic) bond motifs is 1. The fourth-order valence-corrected chi connectivity index (χ4v) is 5.43. The second-order valence-corrected chi connectivity index (χ2v) is 8.86. The molecule has 2 fully saturated rings. The Morgan fingerprint density at radius 1 is 1.19 bits per heavy atom. The second kappa shape index (κ2) is 8.04. The summed E-state index contributed by atoms with van der Waals surface area (Å²) in [4.78, 5) is 15.9. The van der Waals surface area contributed by atoms with Crippen molar-refractivity contribution in [1.82, 2.24) is 4.90 Å². The third kappa shape index (κ3) is 3.51. The number of aliphatic hydroxyl groups is 1. The molecule has 3 aromatic rings. The summed E-state index contributed by atoms with van der Waals surface area (Å²) in [5.41, 5.74) is 2.00. The first-order valence-corrected chi connectivity index (χ1v) is 11.3. The van der Waals surface area contributed by atoms with E-state index in [2.05, 4.69) is 0 Å². The number of nitrogens with zero attached hydrogens (tertiary/aromatic N) is 1. The van der Waals surface area contributed by atoms with Crippen LogP contribution in [-0.2, 0) is 0 Å². The van der Waals surface area contributed by atoms with Gasteiger partial charge < -0.3 is 19.2 Å². The minimum atomic E-state index is -0.317. The predicted octanol–water partition coefficient (Wildman–Crippen LogP) is 5.27. The number of rotatable bonds is 4. The number of furan rings is 1. The quantitative estimate of drug-likeness (QED) is 0.626. The van der Waals surface area contributed by atoms with Crippen LogP contribution in [0, 0.1) is 5.41 Å². The first-order valence-electron chi connectivity index (χ1n) is 11.3. The number of carbonyl (C=O) groups excluding carboxylic acids is 1. The van der Waals surface area contributed by atoms with Gasteiger partial charge in [0.1, 0.15) is 17.1 Å². The normalized spacial score (nSPS) is 23.5. The molecule has 2 heterocycles. The molecule has 1 amide bonds. The fraction of sp³-hybridized carbons (Fsp3) is 0.423. The predicted molar refractivity (Wildman–Crippen MR) is 120 cm³/mol. The monoisotopic (exact) mass is 419 g/mol. The van der Waals surface area contributed by atoms with Gasteiger partial charge in [-0.05, 0) is 50.8 Å². The Labute approximate surface area is 182 Å². The maximum absolute atomic E-state index is 13.9. The number of likely N-dealkylation sites (tertiary alicyclic amines) is 1. The van der Waals surface area contributed by atoms with Gasteiger partial charge in [0, 0.05) is 29.5 Å². The molecule has 162 valence electrons. The lowest BCUT2D eigenvalue weighted by molar-refractivity contribution is -0.00528. The van der Waals surface area contributed by atoms with Crippen molar-refractivity contribution in [2.45, 2.75) is 45.1 Å². The lowest BCUT2D eigenvalue weighted by atomic mass is 9.76. The summed E-state index contributed by atoms with van der Waals surface area (Å²) < 4.78 is 11.9. The number of hydrogen-bond acceptors (Lipinski definition) is 4. The van der Waals surface area contributed by atoms with Gasteiger partial charge in [-0.1, -0.05) is 36.8 Å². The molecule has 1 saturated carbocycles. The minimum Gasteiger partial charge on any atom is -0.494 e. The summed E-state index contributed by atoms with van der Waals surface area (Å²) in [5.74, 6) is 1.30. The van der Waals surface area contributed by atoms with Gasteiger partial charge in [-0.25, -0.2) is 0 Å². The number of aliphatic hydroxyl groups excluding tert-OH is 1. The Hall–Kier alpha value is -2.79. The van der Waals surface area contributed by atoms with Crippen LogP contribution in [0.5, 0.6) is 5.75 Å². The largest absolute Gasteiger partial charge is 0.494 e. The number of amides is 1. The Morgan fingerprint density at radius 2 is 2.00 bits per heavy atom. The number of carbonyl (C=O) groups is 1. The molecule has 5 rings (SSSR count). The summed E-state index contributed by atoms with van der Waals surface area (Å²) in [7, 11) is 0. The van der Waals surface area contributed by atoms with Crippen molar-refractivity contribution >= 4 is 16.9 Å². The Morgan fingerprint density at radius 3 is 2.74 bits per heavy atom. The van der Waals surface area contributed by atoms with E-state index in [1.54, 1.807) is 0 Å². The van der Waals surface area contributed by atoms with Crippen LogP contribution in [0.4, 0.5) is 0 Å². The van der Waals surface area contributed by atoms with Gasteiger partial charge >= 0.3 is 0 Å². The van der Waals surface area contributed by atoms with Crippen molar-refractivity contribution in [3.8, 4) is 17.1 Å². The van der Waals surface area contributed by atoms with Crippen LogP contribution in [0.25, 0.3) is 22.3 Å². The van der Waals surface area contributed by atoms with Gasteiger partial charge in [-0.15, -0.1) is 0 Å². The lowest BCUT2D eigenvalue weighted by Gasteiger charge is -2.42. The third-order valence-corrected chi connectivity index (χ3v) is 6.98. The van der Waals surface area contributed by atoms with E-state index in [0.29, 0.717) is 36.6 Å². The SMILES string of the molecule is CCOc1ccc2oc(-c3ccccc3)c(C(=O)N3CCC[C@]4(CCC[C@H]4O)C3)c2c1. The topological polar surface area (TPSA) is 62.9 Å². The molecule has 0 radical (unpaired) electrons. The van der Waals surface area contributed by atoms with Crippen molar-refractivity contribution in [3.05, 3.63) is 54.1 Å². The molecule has 2 aliphatic rings. The number of benzene rings is 2. The first kappa shape index (κ1) is 20.1. The zero-order valence-electron chi connectivity index (χ0n) is 18.0. The van der Waals surface area contributed by atoms with Crippen LogP contribution >= 0.6 is 0 Å². The van der Waals surface area contributed by atoms with E-state index >= 15 is 0 Å². The maximum Gasteiger partial charge on any atom is 0.258 e. The lowest BCUT2D eigenvalue weighted by Crippen LogP contribution is -2.49. The first-order chi connectivity index (χ1) is 15.1. The van der Waals surface area contributed by atoms with E-state index < -0.39 is 0 Å². The Balaban J connectivity index is 1.60. The van der Waals surface area contributed by atoms with Gasteiger partial charge in [-0.2, -0.15) is 0 Å². The van der Waals surface area contributed by atoms with Crippen molar-refractivity contribution in [1.29, 1.82) is 0 Å². The molecule has 0 unspecified atom stereocenters.